The van der Waals surface area contributed by atoms with Gasteiger partial charge in [-0.3, -0.25) is 5.41 Å². The van der Waals surface area contributed by atoms with E-state index in [2.05, 4.69) is 10.6 Å². The highest BCUT2D eigenvalue weighted by atomic mass is 19.1. The van der Waals surface area contributed by atoms with E-state index < -0.39 is 17.7 Å². The first-order valence-corrected chi connectivity index (χ1v) is 4.74. The van der Waals surface area contributed by atoms with Gasteiger partial charge in [0.2, 0.25) is 0 Å². The van der Waals surface area contributed by atoms with Crippen LogP contribution >= 0.6 is 0 Å². The third-order valence-corrected chi connectivity index (χ3v) is 1.87. The van der Waals surface area contributed by atoms with Crippen LogP contribution in [0.3, 0.4) is 0 Å². The molecule has 0 aliphatic heterocycles. The molecule has 2 amide bonds. The van der Waals surface area contributed by atoms with Crippen LogP contribution < -0.4 is 16.4 Å². The lowest BCUT2D eigenvalue weighted by Crippen LogP contribution is -2.29. The highest BCUT2D eigenvalue weighted by Gasteiger charge is 2.12. The van der Waals surface area contributed by atoms with Gasteiger partial charge in [-0.2, -0.15) is 0 Å². The van der Waals surface area contributed by atoms with Gasteiger partial charge in [0, 0.05) is 6.54 Å². The lowest BCUT2D eigenvalue weighted by atomic mass is 10.1. The van der Waals surface area contributed by atoms with Gasteiger partial charge in [0.25, 0.3) is 0 Å². The van der Waals surface area contributed by atoms with E-state index in [9.17, 15) is 9.18 Å². The number of carbonyl (C=O) groups excluding carboxylic acids is 1. The van der Waals surface area contributed by atoms with E-state index in [4.69, 9.17) is 11.1 Å². The molecule has 1 aromatic carbocycles. The van der Waals surface area contributed by atoms with Gasteiger partial charge in [0.15, 0.2) is 0 Å². The molecule has 0 saturated heterocycles. The van der Waals surface area contributed by atoms with Gasteiger partial charge in [-0.1, -0.05) is 6.07 Å². The van der Waals surface area contributed by atoms with Crippen molar-refractivity contribution in [1.82, 2.24) is 5.32 Å². The predicted octanol–water partition coefficient (Wildman–Crippen LogP) is 1.25. The monoisotopic (exact) mass is 224 g/mol. The van der Waals surface area contributed by atoms with E-state index in [1.54, 1.807) is 6.92 Å². The largest absolute Gasteiger partial charge is 0.384 e. The molecule has 5 nitrogen and oxygen atoms in total. The third-order valence-electron chi connectivity index (χ3n) is 1.87. The van der Waals surface area contributed by atoms with Crippen molar-refractivity contribution in [1.29, 1.82) is 5.41 Å². The molecule has 0 radical (unpaired) electrons. The Balaban J connectivity index is 3.00. The zero-order valence-electron chi connectivity index (χ0n) is 8.80. The number of benzene rings is 1. The molecule has 0 heterocycles. The maximum atomic E-state index is 13.3. The van der Waals surface area contributed by atoms with Crippen LogP contribution in [-0.2, 0) is 0 Å². The van der Waals surface area contributed by atoms with Crippen molar-refractivity contribution in [3.8, 4) is 0 Å². The molecule has 0 aliphatic carbocycles. The summed E-state index contributed by atoms with van der Waals surface area (Å²) in [7, 11) is 0. The van der Waals surface area contributed by atoms with E-state index >= 15 is 0 Å². The molecule has 5 N–H and O–H groups in total. The fourth-order valence-corrected chi connectivity index (χ4v) is 1.23. The molecule has 0 fully saturated rings. The minimum atomic E-state index is -0.637. The Bertz CT molecular complexity index is 419. The summed E-state index contributed by atoms with van der Waals surface area (Å²) in [4.78, 5) is 11.2. The summed E-state index contributed by atoms with van der Waals surface area (Å²) < 4.78 is 13.3. The number of amidine groups is 1. The molecule has 0 atom stereocenters. The molecular formula is C10H13FN4O. The molecule has 16 heavy (non-hydrogen) atoms. The Kier molecular flexibility index (Phi) is 3.82. The quantitative estimate of drug-likeness (QED) is 0.459. The summed E-state index contributed by atoms with van der Waals surface area (Å²) in [5, 5.41) is 12.1. The molecule has 0 aromatic heterocycles. The molecule has 0 unspecified atom stereocenters. The third kappa shape index (κ3) is 2.69. The number of hydrogen-bond donors (Lipinski definition) is 4. The predicted molar refractivity (Wildman–Crippen MR) is 60.1 cm³/mol. The zero-order chi connectivity index (χ0) is 12.1. The number of amides is 2. The summed E-state index contributed by atoms with van der Waals surface area (Å²) in [6.07, 6.45) is 0. The number of hydrogen-bond acceptors (Lipinski definition) is 2. The van der Waals surface area contributed by atoms with Crippen LogP contribution in [0.2, 0.25) is 0 Å². The van der Waals surface area contributed by atoms with Crippen molar-refractivity contribution in [2.75, 3.05) is 11.9 Å². The summed E-state index contributed by atoms with van der Waals surface area (Å²) in [6, 6.07) is 3.63. The summed E-state index contributed by atoms with van der Waals surface area (Å²) >= 11 is 0. The summed E-state index contributed by atoms with van der Waals surface area (Å²) in [6.45, 7) is 2.22. The molecule has 0 saturated carbocycles. The number of rotatable bonds is 3. The van der Waals surface area contributed by atoms with Crippen LogP contribution in [0.5, 0.6) is 0 Å². The first-order chi connectivity index (χ1) is 7.56. The first kappa shape index (κ1) is 12.0. The fraction of sp³-hybridized carbons (Fsp3) is 0.200. The molecule has 6 heteroatoms. The Morgan fingerprint density at radius 1 is 1.56 bits per heavy atom. The number of nitrogen functional groups attached to an aromatic ring is 1. The Labute approximate surface area is 92.3 Å². The van der Waals surface area contributed by atoms with Gasteiger partial charge in [0.1, 0.15) is 11.7 Å². The zero-order valence-corrected chi connectivity index (χ0v) is 8.80. The van der Waals surface area contributed by atoms with E-state index in [1.165, 1.54) is 18.2 Å². The fourth-order valence-electron chi connectivity index (χ4n) is 1.23. The Morgan fingerprint density at radius 3 is 2.81 bits per heavy atom. The number of urea groups is 1. The molecule has 0 bridgehead atoms. The van der Waals surface area contributed by atoms with Crippen LogP contribution in [0, 0.1) is 11.2 Å². The second kappa shape index (κ2) is 5.11. The first-order valence-electron chi connectivity index (χ1n) is 4.74. The van der Waals surface area contributed by atoms with E-state index in [1.807, 2.05) is 0 Å². The normalized spacial score (nSPS) is 9.62. The Morgan fingerprint density at radius 2 is 2.25 bits per heavy atom. The highest BCUT2D eigenvalue weighted by molar-refractivity contribution is 6.04. The van der Waals surface area contributed by atoms with Crippen molar-refractivity contribution in [3.05, 3.63) is 29.6 Å². The summed E-state index contributed by atoms with van der Waals surface area (Å²) in [5.74, 6) is -1.06. The molecule has 0 aliphatic rings. The number of halogens is 1. The van der Waals surface area contributed by atoms with Gasteiger partial charge in [-0.25, -0.2) is 9.18 Å². The van der Waals surface area contributed by atoms with Gasteiger partial charge in [0.05, 0.1) is 11.3 Å². The van der Waals surface area contributed by atoms with Crippen molar-refractivity contribution in [2.24, 2.45) is 5.73 Å². The SMILES string of the molecule is CCNC(=O)Nc1cccc(F)c1C(=N)N. The van der Waals surface area contributed by atoms with E-state index in [-0.39, 0.29) is 11.3 Å². The number of nitrogens with one attached hydrogen (secondary N) is 3. The van der Waals surface area contributed by atoms with Crippen LogP contribution in [0.25, 0.3) is 0 Å². The second-order valence-electron chi connectivity index (χ2n) is 3.06. The molecular weight excluding hydrogens is 211 g/mol. The minimum Gasteiger partial charge on any atom is -0.384 e. The van der Waals surface area contributed by atoms with E-state index in [0.717, 1.165) is 0 Å². The van der Waals surface area contributed by atoms with Crippen molar-refractivity contribution in [3.63, 3.8) is 0 Å². The second-order valence-corrected chi connectivity index (χ2v) is 3.06. The van der Waals surface area contributed by atoms with E-state index in [0.29, 0.717) is 6.54 Å². The molecule has 0 spiro atoms. The molecule has 1 aromatic rings. The van der Waals surface area contributed by atoms with Crippen LogP contribution in [0.15, 0.2) is 18.2 Å². The molecule has 86 valence electrons. The summed E-state index contributed by atoms with van der Waals surface area (Å²) in [5.41, 5.74) is 5.31. The Hall–Kier alpha value is -2.11. The maximum Gasteiger partial charge on any atom is 0.319 e. The lowest BCUT2D eigenvalue weighted by molar-refractivity contribution is 0.252. The maximum absolute atomic E-state index is 13.3. The standard InChI is InChI=1S/C10H13FN4O/c1-2-14-10(16)15-7-5-3-4-6(11)8(7)9(12)13/h3-5H,2H2,1H3,(H3,12,13)(H2,14,15,16). The minimum absolute atomic E-state index is 0.103. The average Bonchev–Trinajstić information content (AvgIpc) is 2.17. The van der Waals surface area contributed by atoms with Gasteiger partial charge in [-0.15, -0.1) is 0 Å². The van der Waals surface area contributed by atoms with Crippen LogP contribution in [-0.4, -0.2) is 18.4 Å². The van der Waals surface area contributed by atoms with Gasteiger partial charge in [-0.05, 0) is 19.1 Å². The topological polar surface area (TPSA) is 91.0 Å². The number of carbonyl (C=O) groups is 1. The smallest absolute Gasteiger partial charge is 0.319 e. The average molecular weight is 224 g/mol. The molecule has 1 rings (SSSR count). The number of anilines is 1. The lowest BCUT2D eigenvalue weighted by Gasteiger charge is -2.10. The van der Waals surface area contributed by atoms with Gasteiger partial charge < -0.3 is 16.4 Å². The number of nitrogens with two attached hydrogens (primary N) is 1. The van der Waals surface area contributed by atoms with Crippen molar-refractivity contribution >= 4 is 17.6 Å². The van der Waals surface area contributed by atoms with Crippen LogP contribution in [0.1, 0.15) is 12.5 Å². The van der Waals surface area contributed by atoms with Crippen molar-refractivity contribution < 1.29 is 9.18 Å². The van der Waals surface area contributed by atoms with Crippen molar-refractivity contribution in [2.45, 2.75) is 6.92 Å². The van der Waals surface area contributed by atoms with Crippen LogP contribution in [0.4, 0.5) is 14.9 Å². The van der Waals surface area contributed by atoms with Gasteiger partial charge >= 0.3 is 6.03 Å². The highest BCUT2D eigenvalue weighted by Crippen LogP contribution is 2.17.